The molecule has 0 spiro atoms. The number of carbonyl (C=O) groups is 2. The van der Waals surface area contributed by atoms with E-state index in [9.17, 15) is 14.5 Å². The molecule has 0 unspecified atom stereocenters. The van der Waals surface area contributed by atoms with Crippen molar-refractivity contribution in [2.24, 2.45) is 0 Å². The smallest absolute Gasteiger partial charge is 0.354 e. The molecule has 0 aromatic heterocycles. The monoisotopic (exact) mass is 342 g/mol. The predicted octanol–water partition coefficient (Wildman–Crippen LogP) is 1.52. The molecule has 0 heterocycles. The van der Waals surface area contributed by atoms with Crippen LogP contribution in [0.3, 0.4) is 0 Å². The zero-order valence-corrected chi connectivity index (χ0v) is 14.5. The van der Waals surface area contributed by atoms with Gasteiger partial charge >= 0.3 is 5.09 Å². The number of rotatable bonds is 6. The second-order valence-corrected chi connectivity index (χ2v) is 6.78. The zero-order chi connectivity index (χ0) is 17.5. The lowest BCUT2D eigenvalue weighted by Crippen LogP contribution is -2.40. The molecule has 2 N–H and O–H groups in total. The summed E-state index contributed by atoms with van der Waals surface area (Å²) in [5.41, 5.74) is 0. The fourth-order valence-electron chi connectivity index (χ4n) is 3.47. The molecule has 2 rings (SSSR count). The van der Waals surface area contributed by atoms with Crippen molar-refractivity contribution in [1.82, 2.24) is 10.6 Å². The van der Waals surface area contributed by atoms with Crippen LogP contribution in [0.25, 0.3) is 0 Å². The first-order valence-electron chi connectivity index (χ1n) is 8.77. The summed E-state index contributed by atoms with van der Waals surface area (Å²) in [5, 5.41) is 6.04. The van der Waals surface area contributed by atoms with Crippen LogP contribution in [0.1, 0.15) is 65.2 Å². The summed E-state index contributed by atoms with van der Waals surface area (Å²) < 4.78 is 0. The minimum atomic E-state index is -0.164. The Bertz CT molecular complexity index is 415. The SMILES string of the molecule is CC(=O)NC1CCC(O[N+](=O)OC2CCC(NC(C)=O)CC2)CC1. The number of nitrogens with zero attached hydrogens (tertiary/aromatic N) is 1. The number of nitrogens with one attached hydrogen (secondary N) is 2. The molecule has 0 aliphatic heterocycles. The van der Waals surface area contributed by atoms with E-state index in [1.165, 1.54) is 13.8 Å². The van der Waals surface area contributed by atoms with Gasteiger partial charge in [-0.05, 0) is 51.4 Å². The fraction of sp³-hybridized carbons (Fsp3) is 0.875. The highest BCUT2D eigenvalue weighted by Gasteiger charge is 2.33. The summed E-state index contributed by atoms with van der Waals surface area (Å²) >= 11 is 0. The number of carbonyl (C=O) groups excluding carboxylic acids is 2. The predicted molar refractivity (Wildman–Crippen MR) is 85.5 cm³/mol. The van der Waals surface area contributed by atoms with Crippen LogP contribution in [-0.2, 0) is 19.3 Å². The van der Waals surface area contributed by atoms with E-state index >= 15 is 0 Å². The maximum atomic E-state index is 11.8. The van der Waals surface area contributed by atoms with Gasteiger partial charge < -0.3 is 10.6 Å². The normalized spacial score (nSPS) is 30.1. The van der Waals surface area contributed by atoms with Crippen LogP contribution in [0.2, 0.25) is 0 Å². The summed E-state index contributed by atoms with van der Waals surface area (Å²) in [6.07, 6.45) is 5.79. The van der Waals surface area contributed by atoms with Gasteiger partial charge in [0.15, 0.2) is 12.2 Å². The average Bonchev–Trinajstić information content (AvgIpc) is 2.50. The van der Waals surface area contributed by atoms with Gasteiger partial charge in [0, 0.05) is 25.9 Å². The standard InChI is InChI=1S/C16H27N3O5/c1-11(20)17-13-3-7-15(8-4-13)23-19(22)24-16-9-5-14(6-10-16)18-12(2)21/h13-16H,3-10H2,1-2H3,(H-,17,18,20,21)/p+1. The Kier molecular flexibility index (Phi) is 6.81. The van der Waals surface area contributed by atoms with Crippen LogP contribution in [0.4, 0.5) is 0 Å². The average molecular weight is 342 g/mol. The third kappa shape index (κ3) is 6.33. The van der Waals surface area contributed by atoms with Gasteiger partial charge in [-0.25, -0.2) is 0 Å². The van der Waals surface area contributed by atoms with Gasteiger partial charge in [-0.3, -0.25) is 9.59 Å². The fourth-order valence-corrected chi connectivity index (χ4v) is 3.47. The lowest BCUT2D eigenvalue weighted by atomic mass is 9.93. The summed E-state index contributed by atoms with van der Waals surface area (Å²) in [4.78, 5) is 44.5. The van der Waals surface area contributed by atoms with Crippen molar-refractivity contribution in [2.45, 2.75) is 89.5 Å². The van der Waals surface area contributed by atoms with Gasteiger partial charge in [0.25, 0.3) is 0 Å². The number of hydrogen-bond donors (Lipinski definition) is 2. The minimum absolute atomic E-state index is 0.0250. The molecule has 0 atom stereocenters. The molecule has 136 valence electrons. The summed E-state index contributed by atoms with van der Waals surface area (Å²) in [6.45, 7) is 3.02. The van der Waals surface area contributed by atoms with Crippen LogP contribution < -0.4 is 10.6 Å². The van der Waals surface area contributed by atoms with Gasteiger partial charge in [0.1, 0.15) is 4.91 Å². The molecule has 2 fully saturated rings. The van der Waals surface area contributed by atoms with Crippen molar-refractivity contribution in [3.63, 3.8) is 0 Å². The maximum absolute atomic E-state index is 11.8. The van der Waals surface area contributed by atoms with Crippen LogP contribution in [0.15, 0.2) is 0 Å². The molecule has 2 saturated carbocycles. The first-order valence-corrected chi connectivity index (χ1v) is 8.77. The molecule has 0 radical (unpaired) electrons. The molecule has 2 amide bonds. The van der Waals surface area contributed by atoms with Gasteiger partial charge in [-0.1, -0.05) is 0 Å². The molecule has 2 aliphatic carbocycles. The Morgan fingerprint density at radius 1 is 0.750 bits per heavy atom. The largest absolute Gasteiger partial charge is 0.478 e. The first kappa shape index (κ1) is 18.5. The topological polar surface area (TPSA) is 96.7 Å². The molecule has 24 heavy (non-hydrogen) atoms. The van der Waals surface area contributed by atoms with E-state index in [2.05, 4.69) is 10.6 Å². The molecular formula is C16H28N3O5+. The Labute approximate surface area is 142 Å². The highest BCUT2D eigenvalue weighted by molar-refractivity contribution is 5.73. The van der Waals surface area contributed by atoms with E-state index < -0.39 is 0 Å². The Morgan fingerprint density at radius 3 is 1.38 bits per heavy atom. The second-order valence-electron chi connectivity index (χ2n) is 6.78. The van der Waals surface area contributed by atoms with Crippen molar-refractivity contribution in [1.29, 1.82) is 0 Å². The molecule has 0 saturated heterocycles. The second kappa shape index (κ2) is 8.84. The van der Waals surface area contributed by atoms with Crippen molar-refractivity contribution in [3.8, 4) is 0 Å². The highest BCUT2D eigenvalue weighted by Crippen LogP contribution is 2.24. The van der Waals surface area contributed by atoms with E-state index in [1.807, 2.05) is 0 Å². The Balaban J connectivity index is 1.62. The van der Waals surface area contributed by atoms with Crippen molar-refractivity contribution in [2.75, 3.05) is 0 Å². The molecule has 0 bridgehead atoms. The van der Waals surface area contributed by atoms with E-state index in [-0.39, 0.29) is 41.2 Å². The molecule has 0 aromatic rings. The third-order valence-electron chi connectivity index (χ3n) is 4.63. The summed E-state index contributed by atoms with van der Waals surface area (Å²) in [7, 11) is 0. The Morgan fingerprint density at radius 2 is 1.08 bits per heavy atom. The number of hydrogen-bond acceptors (Lipinski definition) is 5. The molecule has 8 heteroatoms. The van der Waals surface area contributed by atoms with E-state index in [0.717, 1.165) is 51.4 Å². The Hall–Kier alpha value is -1.86. The summed E-state index contributed by atoms with van der Waals surface area (Å²) in [6, 6.07) is 0.347. The van der Waals surface area contributed by atoms with E-state index in [0.29, 0.717) is 0 Å². The summed E-state index contributed by atoms with van der Waals surface area (Å²) in [5.74, 6) is -0.0500. The van der Waals surface area contributed by atoms with E-state index in [4.69, 9.17) is 9.68 Å². The molecule has 0 aromatic carbocycles. The van der Waals surface area contributed by atoms with Crippen LogP contribution in [0.5, 0.6) is 0 Å². The minimum Gasteiger partial charge on any atom is -0.354 e. The van der Waals surface area contributed by atoms with Crippen molar-refractivity contribution >= 4 is 11.8 Å². The zero-order valence-electron chi connectivity index (χ0n) is 14.5. The number of amides is 2. The van der Waals surface area contributed by atoms with Crippen LogP contribution in [0, 0.1) is 4.91 Å². The van der Waals surface area contributed by atoms with Crippen LogP contribution >= 0.6 is 0 Å². The molecular weight excluding hydrogens is 314 g/mol. The van der Waals surface area contributed by atoms with Gasteiger partial charge in [0.2, 0.25) is 11.8 Å². The van der Waals surface area contributed by atoms with Crippen LogP contribution in [-0.4, -0.2) is 41.2 Å². The third-order valence-corrected chi connectivity index (χ3v) is 4.63. The molecule has 8 nitrogen and oxygen atoms in total. The lowest BCUT2D eigenvalue weighted by molar-refractivity contribution is -0.993. The lowest BCUT2D eigenvalue weighted by Gasteiger charge is -2.26. The van der Waals surface area contributed by atoms with Crippen molar-refractivity contribution < 1.29 is 24.4 Å². The van der Waals surface area contributed by atoms with Gasteiger partial charge in [-0.15, -0.1) is 0 Å². The first-order chi connectivity index (χ1) is 11.4. The quantitative estimate of drug-likeness (QED) is 0.714. The van der Waals surface area contributed by atoms with Gasteiger partial charge in [0.05, 0.1) is 0 Å². The van der Waals surface area contributed by atoms with E-state index in [1.54, 1.807) is 0 Å². The highest BCUT2D eigenvalue weighted by atomic mass is 17.0. The molecule has 2 aliphatic rings. The maximum Gasteiger partial charge on any atom is 0.478 e. The van der Waals surface area contributed by atoms with Crippen molar-refractivity contribution in [3.05, 3.63) is 4.91 Å². The van der Waals surface area contributed by atoms with Gasteiger partial charge in [-0.2, -0.15) is 9.68 Å².